The van der Waals surface area contributed by atoms with E-state index in [1.54, 1.807) is 18.5 Å². The van der Waals surface area contributed by atoms with Crippen LogP contribution in [0.15, 0.2) is 35.8 Å². The number of esters is 1. The molecule has 22 heavy (non-hydrogen) atoms. The molecule has 0 atom stereocenters. The van der Waals surface area contributed by atoms with Gasteiger partial charge < -0.3 is 9.72 Å². The lowest BCUT2D eigenvalue weighted by molar-refractivity contribution is 0.0520. The lowest BCUT2D eigenvalue weighted by Gasteiger charge is -2.00. The maximum Gasteiger partial charge on any atom is 0.357 e. The number of para-hydroxylation sites is 1. The summed E-state index contributed by atoms with van der Waals surface area (Å²) in [6, 6.07) is 7.53. The minimum Gasteiger partial charge on any atom is -0.461 e. The van der Waals surface area contributed by atoms with Crippen molar-refractivity contribution in [3.63, 3.8) is 0 Å². The van der Waals surface area contributed by atoms with Gasteiger partial charge in [0.05, 0.1) is 12.2 Å². The van der Waals surface area contributed by atoms with Crippen LogP contribution in [0.2, 0.25) is 0 Å². The fourth-order valence-electron chi connectivity index (χ4n) is 2.05. The fourth-order valence-corrected chi connectivity index (χ4v) is 2.73. The normalized spacial score (nSPS) is 10.6. The van der Waals surface area contributed by atoms with Crippen LogP contribution in [-0.2, 0) is 4.74 Å². The van der Waals surface area contributed by atoms with Crippen molar-refractivity contribution in [2.75, 3.05) is 11.9 Å². The third-order valence-corrected chi connectivity index (χ3v) is 3.80. The van der Waals surface area contributed by atoms with Gasteiger partial charge in [-0.15, -0.1) is 11.3 Å². The highest BCUT2D eigenvalue weighted by molar-refractivity contribution is 7.14. The number of carbonyl (C=O) groups excluding carboxylic acids is 2. The zero-order valence-electron chi connectivity index (χ0n) is 11.8. The SMILES string of the molecule is CCOC(=O)c1csc(NC(=O)c2c[nH]c3ccccc23)n1. The van der Waals surface area contributed by atoms with E-state index in [1.165, 1.54) is 11.3 Å². The number of hydrogen-bond acceptors (Lipinski definition) is 5. The number of thiazole rings is 1. The lowest BCUT2D eigenvalue weighted by Crippen LogP contribution is -2.12. The Kier molecular flexibility index (Phi) is 3.88. The van der Waals surface area contributed by atoms with E-state index in [0.717, 1.165) is 10.9 Å². The lowest BCUT2D eigenvalue weighted by atomic mass is 10.2. The number of ether oxygens (including phenoxy) is 1. The summed E-state index contributed by atoms with van der Waals surface area (Å²) < 4.78 is 4.86. The molecule has 2 heterocycles. The maximum absolute atomic E-state index is 12.3. The number of carbonyl (C=O) groups is 2. The number of hydrogen-bond donors (Lipinski definition) is 2. The molecule has 0 fully saturated rings. The molecule has 3 aromatic rings. The van der Waals surface area contributed by atoms with Crippen LogP contribution >= 0.6 is 11.3 Å². The van der Waals surface area contributed by atoms with Gasteiger partial charge in [-0.1, -0.05) is 18.2 Å². The van der Waals surface area contributed by atoms with E-state index in [2.05, 4.69) is 15.3 Å². The molecular formula is C15H13N3O3S. The standard InChI is InChI=1S/C15H13N3O3S/c1-2-21-14(20)12-8-22-15(17-12)18-13(19)10-7-16-11-6-4-3-5-9(10)11/h3-8,16H,2H2,1H3,(H,17,18,19). The number of benzene rings is 1. The van der Waals surface area contributed by atoms with Crippen molar-refractivity contribution in [2.45, 2.75) is 6.92 Å². The Bertz CT molecular complexity index is 837. The van der Waals surface area contributed by atoms with Gasteiger partial charge in [-0.3, -0.25) is 10.1 Å². The Balaban J connectivity index is 1.78. The van der Waals surface area contributed by atoms with Crippen LogP contribution in [0.25, 0.3) is 10.9 Å². The molecule has 0 spiro atoms. The van der Waals surface area contributed by atoms with Gasteiger partial charge in [0.15, 0.2) is 10.8 Å². The summed E-state index contributed by atoms with van der Waals surface area (Å²) in [6.45, 7) is 2.01. The van der Waals surface area contributed by atoms with Gasteiger partial charge in [-0.25, -0.2) is 9.78 Å². The number of nitrogens with zero attached hydrogens (tertiary/aromatic N) is 1. The first-order valence-corrected chi connectivity index (χ1v) is 7.57. The average Bonchev–Trinajstić information content (AvgIpc) is 3.14. The van der Waals surface area contributed by atoms with E-state index in [4.69, 9.17) is 4.74 Å². The first kappa shape index (κ1) is 14.3. The average molecular weight is 315 g/mol. The number of nitrogens with one attached hydrogen (secondary N) is 2. The second-order valence-corrected chi connectivity index (χ2v) is 5.32. The van der Waals surface area contributed by atoms with Crippen molar-refractivity contribution in [3.8, 4) is 0 Å². The Hall–Kier alpha value is -2.67. The Morgan fingerprint density at radius 1 is 1.36 bits per heavy atom. The number of fused-ring (bicyclic) bond motifs is 1. The molecule has 2 aromatic heterocycles. The molecule has 0 aliphatic heterocycles. The molecule has 0 aliphatic rings. The molecule has 0 saturated carbocycles. The van der Waals surface area contributed by atoms with Crippen molar-refractivity contribution >= 4 is 39.2 Å². The van der Waals surface area contributed by atoms with Crippen LogP contribution in [0.5, 0.6) is 0 Å². The molecule has 1 amide bonds. The second-order valence-electron chi connectivity index (χ2n) is 4.46. The third-order valence-electron chi connectivity index (χ3n) is 3.04. The van der Waals surface area contributed by atoms with Gasteiger partial charge >= 0.3 is 5.97 Å². The molecule has 0 radical (unpaired) electrons. The molecule has 2 N–H and O–H groups in total. The van der Waals surface area contributed by atoms with Crippen LogP contribution in [0, 0.1) is 0 Å². The van der Waals surface area contributed by atoms with Crippen LogP contribution in [0.3, 0.4) is 0 Å². The number of H-pyrrole nitrogens is 1. The molecule has 0 saturated heterocycles. The van der Waals surface area contributed by atoms with Gasteiger partial charge in [0, 0.05) is 22.5 Å². The van der Waals surface area contributed by atoms with Crippen molar-refractivity contribution in [1.29, 1.82) is 0 Å². The number of rotatable bonds is 4. The molecule has 3 rings (SSSR count). The van der Waals surface area contributed by atoms with Gasteiger partial charge in [0.25, 0.3) is 5.91 Å². The summed E-state index contributed by atoms with van der Waals surface area (Å²) in [4.78, 5) is 31.0. The maximum atomic E-state index is 12.3. The number of aromatic amines is 1. The monoisotopic (exact) mass is 315 g/mol. The highest BCUT2D eigenvalue weighted by Crippen LogP contribution is 2.21. The van der Waals surface area contributed by atoms with Crippen molar-refractivity contribution in [2.24, 2.45) is 0 Å². The molecule has 1 aromatic carbocycles. The van der Waals surface area contributed by atoms with E-state index < -0.39 is 5.97 Å². The second kappa shape index (κ2) is 5.98. The zero-order chi connectivity index (χ0) is 15.5. The highest BCUT2D eigenvalue weighted by atomic mass is 32.1. The Labute approximate surface area is 130 Å². The van der Waals surface area contributed by atoms with Gasteiger partial charge in [0.2, 0.25) is 0 Å². The summed E-state index contributed by atoms with van der Waals surface area (Å²) in [7, 11) is 0. The van der Waals surface area contributed by atoms with E-state index in [9.17, 15) is 9.59 Å². The summed E-state index contributed by atoms with van der Waals surface area (Å²) in [5, 5.41) is 5.45. The molecule has 7 heteroatoms. The van der Waals surface area contributed by atoms with E-state index in [1.807, 2.05) is 24.3 Å². The number of aromatic nitrogens is 2. The third kappa shape index (κ3) is 2.71. The van der Waals surface area contributed by atoms with Crippen LogP contribution < -0.4 is 5.32 Å². The van der Waals surface area contributed by atoms with Crippen molar-refractivity contribution < 1.29 is 14.3 Å². The first-order chi connectivity index (χ1) is 10.7. The highest BCUT2D eigenvalue weighted by Gasteiger charge is 2.16. The van der Waals surface area contributed by atoms with Crippen molar-refractivity contribution in [1.82, 2.24) is 9.97 Å². The predicted octanol–water partition coefficient (Wildman–Crippen LogP) is 3.05. The fraction of sp³-hybridized carbons (Fsp3) is 0.133. The van der Waals surface area contributed by atoms with E-state index in [-0.39, 0.29) is 18.2 Å². The number of anilines is 1. The summed E-state index contributed by atoms with van der Waals surface area (Å²) in [5.74, 6) is -0.770. The first-order valence-electron chi connectivity index (χ1n) is 6.69. The summed E-state index contributed by atoms with van der Waals surface area (Å²) in [6.07, 6.45) is 1.65. The molecular weight excluding hydrogens is 302 g/mol. The minimum absolute atomic E-state index is 0.195. The van der Waals surface area contributed by atoms with Gasteiger partial charge in [-0.05, 0) is 13.0 Å². The molecule has 0 aliphatic carbocycles. The van der Waals surface area contributed by atoms with E-state index in [0.29, 0.717) is 10.7 Å². The van der Waals surface area contributed by atoms with Gasteiger partial charge in [0.1, 0.15) is 0 Å². The molecule has 6 nitrogen and oxygen atoms in total. The molecule has 0 unspecified atom stereocenters. The predicted molar refractivity (Wildman–Crippen MR) is 84.3 cm³/mol. The zero-order valence-corrected chi connectivity index (χ0v) is 12.6. The van der Waals surface area contributed by atoms with Crippen LogP contribution in [0.1, 0.15) is 27.8 Å². The smallest absolute Gasteiger partial charge is 0.357 e. The Morgan fingerprint density at radius 2 is 2.18 bits per heavy atom. The quantitative estimate of drug-likeness (QED) is 0.725. The van der Waals surface area contributed by atoms with Crippen LogP contribution in [0.4, 0.5) is 5.13 Å². The van der Waals surface area contributed by atoms with Gasteiger partial charge in [-0.2, -0.15) is 0 Å². The minimum atomic E-state index is -0.494. The summed E-state index contributed by atoms with van der Waals surface area (Å²) >= 11 is 1.18. The largest absolute Gasteiger partial charge is 0.461 e. The summed E-state index contributed by atoms with van der Waals surface area (Å²) in [5.41, 5.74) is 1.61. The van der Waals surface area contributed by atoms with Crippen LogP contribution in [-0.4, -0.2) is 28.5 Å². The number of amides is 1. The molecule has 0 bridgehead atoms. The topological polar surface area (TPSA) is 84.1 Å². The molecule has 112 valence electrons. The van der Waals surface area contributed by atoms with E-state index >= 15 is 0 Å². The van der Waals surface area contributed by atoms with Crippen molar-refractivity contribution in [3.05, 3.63) is 47.1 Å². The Morgan fingerprint density at radius 3 is 3.00 bits per heavy atom.